The number of carbonyl (C=O) groups excluding carboxylic acids is 1. The predicted molar refractivity (Wildman–Crippen MR) is 132 cm³/mol. The van der Waals surface area contributed by atoms with Crippen molar-refractivity contribution in [3.63, 3.8) is 0 Å². The topological polar surface area (TPSA) is 65.4 Å². The fraction of sp³-hybridized carbons (Fsp3) is 0.385. The molecule has 2 aromatic carbocycles. The molecule has 1 amide bonds. The van der Waals surface area contributed by atoms with E-state index in [1.807, 2.05) is 68.4 Å². The van der Waals surface area contributed by atoms with Gasteiger partial charge in [0.05, 0.1) is 23.6 Å². The molecule has 1 aliphatic rings. The lowest BCUT2D eigenvalue weighted by atomic mass is 10.2. The Morgan fingerprint density at radius 2 is 1.97 bits per heavy atom. The Bertz CT molecular complexity index is 1060. The second kappa shape index (κ2) is 10.9. The van der Waals surface area contributed by atoms with Gasteiger partial charge in [0.15, 0.2) is 5.16 Å². The summed E-state index contributed by atoms with van der Waals surface area (Å²) in [6, 6.07) is 17.5. The van der Waals surface area contributed by atoms with E-state index in [0.29, 0.717) is 6.61 Å². The number of ether oxygens (including phenoxy) is 2. The molecule has 1 aromatic heterocycles. The Morgan fingerprint density at radius 1 is 1.21 bits per heavy atom. The van der Waals surface area contributed by atoms with Gasteiger partial charge in [0, 0.05) is 18.0 Å². The number of imidazole rings is 1. The van der Waals surface area contributed by atoms with Gasteiger partial charge >= 0.3 is 0 Å². The van der Waals surface area contributed by atoms with Gasteiger partial charge in [-0.2, -0.15) is 0 Å². The van der Waals surface area contributed by atoms with Gasteiger partial charge in [-0.3, -0.25) is 4.79 Å². The van der Waals surface area contributed by atoms with Crippen molar-refractivity contribution in [3.8, 4) is 5.75 Å². The van der Waals surface area contributed by atoms with E-state index in [2.05, 4.69) is 16.8 Å². The van der Waals surface area contributed by atoms with Crippen LogP contribution < -0.4 is 10.1 Å². The molecule has 0 spiro atoms. The summed E-state index contributed by atoms with van der Waals surface area (Å²) in [6.45, 7) is 8.12. The number of nitrogens with zero attached hydrogens (tertiary/aromatic N) is 2. The van der Waals surface area contributed by atoms with Crippen LogP contribution in [0, 0.1) is 13.8 Å². The average molecular weight is 466 g/mol. The lowest BCUT2D eigenvalue weighted by Gasteiger charge is -2.17. The van der Waals surface area contributed by atoms with Gasteiger partial charge in [-0.05, 0) is 63.4 Å². The fourth-order valence-electron chi connectivity index (χ4n) is 3.75. The molecule has 0 aliphatic carbocycles. The Balaban J connectivity index is 1.33. The molecule has 2 atom stereocenters. The Labute approximate surface area is 199 Å². The van der Waals surface area contributed by atoms with Gasteiger partial charge in [0.1, 0.15) is 12.4 Å². The number of nitrogens with one attached hydrogen (secondary N) is 1. The Kier molecular flexibility index (Phi) is 7.73. The third kappa shape index (κ3) is 6.18. The standard InChI is InChI=1S/C26H31N3O3S/c1-18-19(2)29(16-24-10-7-15-31-24)26(27-18)33-20(3)25(30)28-22-11-13-23(14-12-22)32-17-21-8-5-4-6-9-21/h4-6,8-9,11-14,20,24H,7,10,15-17H2,1-3H3,(H,28,30)/t20-,24+/m1/s1. The molecule has 0 unspecified atom stereocenters. The van der Waals surface area contributed by atoms with Gasteiger partial charge in [-0.1, -0.05) is 42.1 Å². The number of carbonyl (C=O) groups is 1. The quantitative estimate of drug-likeness (QED) is 0.430. The highest BCUT2D eigenvalue weighted by Crippen LogP contribution is 2.28. The molecule has 0 saturated carbocycles. The molecular weight excluding hydrogens is 434 g/mol. The molecule has 1 aliphatic heterocycles. The third-order valence-electron chi connectivity index (χ3n) is 5.85. The smallest absolute Gasteiger partial charge is 0.237 e. The van der Waals surface area contributed by atoms with Crippen molar-refractivity contribution in [2.75, 3.05) is 11.9 Å². The van der Waals surface area contributed by atoms with E-state index in [1.165, 1.54) is 11.8 Å². The first kappa shape index (κ1) is 23.4. The molecule has 174 valence electrons. The summed E-state index contributed by atoms with van der Waals surface area (Å²) in [5.41, 5.74) is 3.99. The Hall–Kier alpha value is -2.77. The largest absolute Gasteiger partial charge is 0.489 e. The van der Waals surface area contributed by atoms with Crippen LogP contribution in [0.4, 0.5) is 5.69 Å². The van der Waals surface area contributed by atoms with Gasteiger partial charge in [-0.25, -0.2) is 4.98 Å². The van der Waals surface area contributed by atoms with Crippen molar-refractivity contribution in [2.45, 2.75) is 63.3 Å². The lowest BCUT2D eigenvalue weighted by molar-refractivity contribution is -0.115. The van der Waals surface area contributed by atoms with Crippen LogP contribution in [0.15, 0.2) is 59.8 Å². The van der Waals surface area contributed by atoms with Gasteiger partial charge in [0.25, 0.3) is 0 Å². The second-order valence-corrected chi connectivity index (χ2v) is 9.67. The SMILES string of the molecule is Cc1nc(S[C@H](C)C(=O)Nc2ccc(OCc3ccccc3)cc2)n(C[C@@H]2CCCO2)c1C. The minimum absolute atomic E-state index is 0.0556. The third-order valence-corrected chi connectivity index (χ3v) is 6.94. The molecule has 1 fully saturated rings. The zero-order chi connectivity index (χ0) is 23.2. The predicted octanol–water partition coefficient (Wildman–Crippen LogP) is 5.38. The van der Waals surface area contributed by atoms with E-state index in [-0.39, 0.29) is 17.3 Å². The van der Waals surface area contributed by atoms with E-state index in [0.717, 1.165) is 59.5 Å². The summed E-state index contributed by atoms with van der Waals surface area (Å²) in [5.74, 6) is 0.710. The molecule has 3 aromatic rings. The van der Waals surface area contributed by atoms with Crippen LogP contribution in [0.1, 0.15) is 36.7 Å². The monoisotopic (exact) mass is 465 g/mol. The molecule has 4 rings (SSSR count). The first-order valence-corrected chi connectivity index (χ1v) is 12.3. The van der Waals surface area contributed by atoms with Crippen molar-refractivity contribution in [1.29, 1.82) is 0 Å². The summed E-state index contributed by atoms with van der Waals surface area (Å²) in [5, 5.41) is 3.58. The molecule has 1 saturated heterocycles. The van der Waals surface area contributed by atoms with E-state index >= 15 is 0 Å². The molecule has 1 N–H and O–H groups in total. The highest BCUT2D eigenvalue weighted by molar-refractivity contribution is 8.00. The fourth-order valence-corrected chi connectivity index (χ4v) is 4.76. The normalized spacial score (nSPS) is 16.5. The number of rotatable bonds is 9. The minimum Gasteiger partial charge on any atom is -0.489 e. The zero-order valence-corrected chi connectivity index (χ0v) is 20.2. The van der Waals surface area contributed by atoms with E-state index in [4.69, 9.17) is 14.5 Å². The van der Waals surface area contributed by atoms with E-state index in [9.17, 15) is 4.79 Å². The van der Waals surface area contributed by atoms with Gasteiger partial charge in [0.2, 0.25) is 5.91 Å². The van der Waals surface area contributed by atoms with Crippen LogP contribution in [-0.4, -0.2) is 33.4 Å². The molecule has 0 bridgehead atoms. The van der Waals surface area contributed by atoms with Gasteiger partial charge in [-0.15, -0.1) is 0 Å². The van der Waals surface area contributed by atoms with Crippen LogP contribution in [0.3, 0.4) is 0 Å². The number of thioether (sulfide) groups is 1. The molecule has 6 nitrogen and oxygen atoms in total. The minimum atomic E-state index is -0.288. The first-order valence-electron chi connectivity index (χ1n) is 11.4. The van der Waals surface area contributed by atoms with Crippen molar-refractivity contribution in [2.24, 2.45) is 0 Å². The first-order chi connectivity index (χ1) is 16.0. The van der Waals surface area contributed by atoms with Gasteiger partial charge < -0.3 is 19.4 Å². The number of aromatic nitrogens is 2. The van der Waals surface area contributed by atoms with Crippen LogP contribution >= 0.6 is 11.8 Å². The summed E-state index contributed by atoms with van der Waals surface area (Å²) in [4.78, 5) is 17.5. The molecule has 33 heavy (non-hydrogen) atoms. The second-order valence-electron chi connectivity index (χ2n) is 8.36. The van der Waals surface area contributed by atoms with Crippen LogP contribution in [0.5, 0.6) is 5.75 Å². The zero-order valence-electron chi connectivity index (χ0n) is 19.4. The number of aryl methyl sites for hydroxylation is 1. The summed E-state index contributed by atoms with van der Waals surface area (Å²) in [7, 11) is 0. The average Bonchev–Trinajstić information content (AvgIpc) is 3.43. The number of anilines is 1. The van der Waals surface area contributed by atoms with Crippen LogP contribution in [0.25, 0.3) is 0 Å². The maximum Gasteiger partial charge on any atom is 0.237 e. The Morgan fingerprint density at radius 3 is 2.67 bits per heavy atom. The van der Waals surface area contributed by atoms with Crippen molar-refractivity contribution in [1.82, 2.24) is 9.55 Å². The molecule has 7 heteroatoms. The summed E-state index contributed by atoms with van der Waals surface area (Å²) >= 11 is 1.48. The highest BCUT2D eigenvalue weighted by atomic mass is 32.2. The van der Waals surface area contributed by atoms with E-state index < -0.39 is 0 Å². The number of benzene rings is 2. The van der Waals surface area contributed by atoms with Crippen molar-refractivity contribution < 1.29 is 14.3 Å². The molecular formula is C26H31N3O3S. The number of amides is 1. The highest BCUT2D eigenvalue weighted by Gasteiger charge is 2.23. The lowest BCUT2D eigenvalue weighted by Crippen LogP contribution is -2.23. The number of hydrogen-bond donors (Lipinski definition) is 1. The maximum absolute atomic E-state index is 12.8. The van der Waals surface area contributed by atoms with Crippen molar-refractivity contribution in [3.05, 3.63) is 71.5 Å². The maximum atomic E-state index is 12.8. The van der Waals surface area contributed by atoms with Crippen LogP contribution in [-0.2, 0) is 22.7 Å². The molecule has 0 radical (unpaired) electrons. The summed E-state index contributed by atoms with van der Waals surface area (Å²) in [6.07, 6.45) is 2.40. The van der Waals surface area contributed by atoms with Crippen LogP contribution in [0.2, 0.25) is 0 Å². The van der Waals surface area contributed by atoms with Crippen molar-refractivity contribution >= 4 is 23.4 Å². The molecule has 2 heterocycles. The number of hydrogen-bond acceptors (Lipinski definition) is 5. The van der Waals surface area contributed by atoms with E-state index in [1.54, 1.807) is 0 Å². The summed E-state index contributed by atoms with van der Waals surface area (Å²) < 4.78 is 13.8.